The molecule has 2 rings (SSSR count). The van der Waals surface area contributed by atoms with Gasteiger partial charge in [0.15, 0.2) is 0 Å². The van der Waals surface area contributed by atoms with Crippen molar-refractivity contribution in [2.24, 2.45) is 11.8 Å². The summed E-state index contributed by atoms with van der Waals surface area (Å²) in [6.45, 7) is 4.42. The summed E-state index contributed by atoms with van der Waals surface area (Å²) >= 11 is 0. The first-order chi connectivity index (χ1) is 9.34. The third kappa shape index (κ3) is 2.64. The van der Waals surface area contributed by atoms with Crippen LogP contribution >= 0.6 is 0 Å². The molecule has 6 nitrogen and oxygen atoms in total. The van der Waals surface area contributed by atoms with Crippen molar-refractivity contribution in [3.63, 3.8) is 0 Å². The van der Waals surface area contributed by atoms with Crippen molar-refractivity contribution in [1.82, 2.24) is 10.2 Å². The van der Waals surface area contributed by atoms with Crippen LogP contribution in [0.3, 0.4) is 0 Å². The predicted molar refractivity (Wildman–Crippen MR) is 71.9 cm³/mol. The number of carboxylic acids is 1. The lowest BCUT2D eigenvalue weighted by Gasteiger charge is -2.43. The van der Waals surface area contributed by atoms with E-state index >= 15 is 0 Å². The van der Waals surface area contributed by atoms with Crippen LogP contribution < -0.4 is 5.32 Å². The van der Waals surface area contributed by atoms with Crippen LogP contribution in [0, 0.1) is 11.8 Å². The topological polar surface area (TPSA) is 86.7 Å². The van der Waals surface area contributed by atoms with Gasteiger partial charge in [-0.25, -0.2) is 0 Å². The maximum Gasteiger partial charge on any atom is 0.306 e. The molecule has 2 unspecified atom stereocenters. The van der Waals surface area contributed by atoms with Gasteiger partial charge < -0.3 is 15.3 Å². The molecule has 1 aliphatic heterocycles. The summed E-state index contributed by atoms with van der Waals surface area (Å²) < 4.78 is 0. The van der Waals surface area contributed by atoms with Gasteiger partial charge >= 0.3 is 5.97 Å². The first kappa shape index (κ1) is 14.8. The van der Waals surface area contributed by atoms with Crippen molar-refractivity contribution in [2.45, 2.75) is 45.1 Å². The van der Waals surface area contributed by atoms with E-state index in [9.17, 15) is 14.4 Å². The lowest BCUT2D eigenvalue weighted by Crippen LogP contribution is -2.64. The molecule has 6 heteroatoms. The lowest BCUT2D eigenvalue weighted by atomic mass is 9.80. The first-order valence-electron chi connectivity index (χ1n) is 7.16. The summed E-state index contributed by atoms with van der Waals surface area (Å²) in [5, 5.41) is 11.9. The molecular formula is C14H22N2O4. The van der Waals surface area contributed by atoms with Gasteiger partial charge in [-0.1, -0.05) is 6.42 Å². The Hall–Kier alpha value is -1.59. The molecule has 2 amide bonds. The van der Waals surface area contributed by atoms with Gasteiger partial charge in [-0.05, 0) is 33.1 Å². The van der Waals surface area contributed by atoms with Gasteiger partial charge in [-0.2, -0.15) is 0 Å². The van der Waals surface area contributed by atoms with E-state index < -0.39 is 17.4 Å². The first-order valence-corrected chi connectivity index (χ1v) is 7.16. The maximum atomic E-state index is 12.6. The van der Waals surface area contributed by atoms with Crippen LogP contribution in [0.1, 0.15) is 39.5 Å². The van der Waals surface area contributed by atoms with Crippen LogP contribution in [0.5, 0.6) is 0 Å². The van der Waals surface area contributed by atoms with Crippen LogP contribution in [-0.4, -0.2) is 46.4 Å². The number of carbonyl (C=O) groups excluding carboxylic acids is 2. The zero-order valence-electron chi connectivity index (χ0n) is 12.0. The van der Waals surface area contributed by atoms with Gasteiger partial charge in [0.1, 0.15) is 5.54 Å². The van der Waals surface area contributed by atoms with Crippen molar-refractivity contribution in [3.05, 3.63) is 0 Å². The van der Waals surface area contributed by atoms with Crippen molar-refractivity contribution in [3.8, 4) is 0 Å². The van der Waals surface area contributed by atoms with Gasteiger partial charge in [-0.3, -0.25) is 14.4 Å². The fourth-order valence-electron chi connectivity index (χ4n) is 3.14. The summed E-state index contributed by atoms with van der Waals surface area (Å²) in [4.78, 5) is 37.2. The van der Waals surface area contributed by atoms with Gasteiger partial charge in [0.2, 0.25) is 11.8 Å². The molecule has 0 radical (unpaired) electrons. The van der Waals surface area contributed by atoms with Crippen LogP contribution in [0.15, 0.2) is 0 Å². The van der Waals surface area contributed by atoms with E-state index in [1.54, 1.807) is 18.7 Å². The van der Waals surface area contributed by atoms with Crippen molar-refractivity contribution >= 4 is 17.8 Å². The quantitative estimate of drug-likeness (QED) is 0.777. The molecule has 2 N–H and O–H groups in total. The molecule has 112 valence electrons. The Labute approximate surface area is 118 Å². The Morgan fingerprint density at radius 2 is 1.95 bits per heavy atom. The summed E-state index contributed by atoms with van der Waals surface area (Å²) in [6.07, 6.45) is 2.51. The molecule has 0 aromatic rings. The number of nitrogens with zero attached hydrogens (tertiary/aromatic N) is 1. The Morgan fingerprint density at radius 3 is 2.60 bits per heavy atom. The zero-order chi connectivity index (χ0) is 14.9. The highest BCUT2D eigenvalue weighted by atomic mass is 16.4. The van der Waals surface area contributed by atoms with E-state index in [1.807, 2.05) is 0 Å². The second-order valence-corrected chi connectivity index (χ2v) is 6.20. The highest BCUT2D eigenvalue weighted by Gasteiger charge is 2.43. The number of rotatable bonds is 2. The average Bonchev–Trinajstić information content (AvgIpc) is 2.41. The number of hydrogen-bond acceptors (Lipinski definition) is 3. The molecule has 0 spiro atoms. The van der Waals surface area contributed by atoms with Crippen molar-refractivity contribution < 1.29 is 19.5 Å². The average molecular weight is 282 g/mol. The van der Waals surface area contributed by atoms with Gasteiger partial charge in [-0.15, -0.1) is 0 Å². The lowest BCUT2D eigenvalue weighted by molar-refractivity contribution is -0.154. The molecule has 2 atom stereocenters. The second-order valence-electron chi connectivity index (χ2n) is 6.20. The summed E-state index contributed by atoms with van der Waals surface area (Å²) in [6, 6.07) is 0. The zero-order valence-corrected chi connectivity index (χ0v) is 12.0. The number of piperazine rings is 1. The van der Waals surface area contributed by atoms with E-state index in [2.05, 4.69) is 5.32 Å². The van der Waals surface area contributed by atoms with E-state index in [-0.39, 0.29) is 17.7 Å². The van der Waals surface area contributed by atoms with Crippen LogP contribution in [-0.2, 0) is 14.4 Å². The van der Waals surface area contributed by atoms with Crippen LogP contribution in [0.4, 0.5) is 0 Å². The van der Waals surface area contributed by atoms with E-state index in [1.165, 1.54) is 0 Å². The number of carbonyl (C=O) groups is 3. The SMILES string of the molecule is CC1(C)C(=O)NCCN1C(=O)C1CCCC(C(=O)O)C1. The largest absolute Gasteiger partial charge is 0.481 e. The minimum absolute atomic E-state index is 0.0733. The number of aliphatic carboxylic acids is 1. The van der Waals surface area contributed by atoms with E-state index in [4.69, 9.17) is 5.11 Å². The summed E-state index contributed by atoms with van der Waals surface area (Å²) in [5.41, 5.74) is -0.856. The summed E-state index contributed by atoms with van der Waals surface area (Å²) in [7, 11) is 0. The molecular weight excluding hydrogens is 260 g/mol. The Morgan fingerprint density at radius 1 is 1.30 bits per heavy atom. The van der Waals surface area contributed by atoms with E-state index in [0.717, 1.165) is 12.8 Å². The highest BCUT2D eigenvalue weighted by Crippen LogP contribution is 2.32. The minimum atomic E-state index is -0.856. The van der Waals surface area contributed by atoms with E-state index in [0.29, 0.717) is 25.9 Å². The molecule has 2 aliphatic rings. The van der Waals surface area contributed by atoms with Gasteiger partial charge in [0.05, 0.1) is 5.92 Å². The van der Waals surface area contributed by atoms with Crippen LogP contribution in [0.25, 0.3) is 0 Å². The molecule has 1 saturated heterocycles. The van der Waals surface area contributed by atoms with Gasteiger partial charge in [0.25, 0.3) is 0 Å². The molecule has 2 fully saturated rings. The molecule has 1 heterocycles. The molecule has 1 aliphatic carbocycles. The fraction of sp³-hybridized carbons (Fsp3) is 0.786. The normalized spacial score (nSPS) is 29.7. The highest BCUT2D eigenvalue weighted by molar-refractivity contribution is 5.92. The third-order valence-corrected chi connectivity index (χ3v) is 4.49. The number of amides is 2. The second kappa shape index (κ2) is 5.42. The summed E-state index contributed by atoms with van der Waals surface area (Å²) in [5.74, 6) is -1.74. The Bertz CT molecular complexity index is 433. The smallest absolute Gasteiger partial charge is 0.306 e. The molecule has 0 bridgehead atoms. The van der Waals surface area contributed by atoms with Gasteiger partial charge in [0, 0.05) is 19.0 Å². The maximum absolute atomic E-state index is 12.6. The van der Waals surface area contributed by atoms with Crippen molar-refractivity contribution in [2.75, 3.05) is 13.1 Å². The molecule has 1 saturated carbocycles. The Balaban J connectivity index is 2.10. The minimum Gasteiger partial charge on any atom is -0.481 e. The molecule has 20 heavy (non-hydrogen) atoms. The monoisotopic (exact) mass is 282 g/mol. The third-order valence-electron chi connectivity index (χ3n) is 4.49. The predicted octanol–water partition coefficient (Wildman–Crippen LogP) is 0.614. The molecule has 0 aromatic heterocycles. The van der Waals surface area contributed by atoms with Crippen molar-refractivity contribution in [1.29, 1.82) is 0 Å². The number of carboxylic acid groups (broad SMARTS) is 1. The molecule has 0 aromatic carbocycles. The van der Waals surface area contributed by atoms with Crippen LogP contribution in [0.2, 0.25) is 0 Å². The standard InChI is InChI=1S/C14H22N2O4/c1-14(2)13(20)15-6-7-16(14)11(17)9-4-3-5-10(8-9)12(18)19/h9-10H,3-8H2,1-2H3,(H,15,20)(H,18,19). The number of nitrogens with one attached hydrogen (secondary N) is 1. The number of hydrogen-bond donors (Lipinski definition) is 2. The fourth-order valence-corrected chi connectivity index (χ4v) is 3.14. The Kier molecular flexibility index (Phi) is 4.01.